The van der Waals surface area contributed by atoms with Gasteiger partial charge in [-0.05, 0) is 18.2 Å². The maximum atomic E-state index is 13.5. The predicted molar refractivity (Wildman–Crippen MR) is 73.0 cm³/mol. The molecule has 2 aromatic rings. The number of rotatable bonds is 3. The summed E-state index contributed by atoms with van der Waals surface area (Å²) in [5.41, 5.74) is 4.79. The summed E-state index contributed by atoms with van der Waals surface area (Å²) in [5, 5.41) is -0.209. The zero-order chi connectivity index (χ0) is 15.8. The van der Waals surface area contributed by atoms with Gasteiger partial charge in [0.2, 0.25) is 0 Å². The Morgan fingerprint density at radius 3 is 2.38 bits per heavy atom. The summed E-state index contributed by atoms with van der Waals surface area (Å²) in [6, 6.07) is 4.35. The van der Waals surface area contributed by atoms with E-state index in [0.717, 1.165) is 6.07 Å². The van der Waals surface area contributed by atoms with Crippen molar-refractivity contribution in [1.82, 2.24) is 0 Å². The second-order valence-corrected chi connectivity index (χ2v) is 6.10. The number of halogens is 4. The zero-order valence-electron chi connectivity index (χ0n) is 10.2. The number of sulfonamides is 1. The number of hydrogen-bond donors (Lipinski definition) is 2. The number of hydrogen-bond acceptors (Lipinski definition) is 3. The van der Waals surface area contributed by atoms with Crippen molar-refractivity contribution in [3.8, 4) is 0 Å². The minimum absolute atomic E-state index is 0.209. The van der Waals surface area contributed by atoms with Crippen molar-refractivity contribution >= 4 is 33.0 Å². The standard InChI is InChI=1S/C12H8ClF3N2O2S/c13-8-5-7(17)1-2-11(8)21(19,20)18-10-4-6(14)3-9(15)12(10)16/h1-5,18H,17H2. The number of benzene rings is 2. The molecule has 0 amide bonds. The molecule has 0 heterocycles. The Hall–Kier alpha value is -1.93. The highest BCUT2D eigenvalue weighted by Crippen LogP contribution is 2.27. The van der Waals surface area contributed by atoms with Gasteiger partial charge in [-0.15, -0.1) is 0 Å². The second kappa shape index (κ2) is 5.45. The van der Waals surface area contributed by atoms with Gasteiger partial charge in [0, 0.05) is 17.8 Å². The van der Waals surface area contributed by atoms with Gasteiger partial charge in [-0.3, -0.25) is 4.72 Å². The fourth-order valence-electron chi connectivity index (χ4n) is 1.57. The lowest BCUT2D eigenvalue weighted by Crippen LogP contribution is -2.15. The van der Waals surface area contributed by atoms with E-state index in [4.69, 9.17) is 17.3 Å². The summed E-state index contributed by atoms with van der Waals surface area (Å²) < 4.78 is 65.4. The fourth-order valence-corrected chi connectivity index (χ4v) is 3.17. The highest BCUT2D eigenvalue weighted by Gasteiger charge is 2.21. The van der Waals surface area contributed by atoms with Crippen LogP contribution in [-0.4, -0.2) is 8.42 Å². The molecule has 0 bridgehead atoms. The second-order valence-electron chi connectivity index (χ2n) is 4.04. The van der Waals surface area contributed by atoms with Crippen molar-refractivity contribution in [2.75, 3.05) is 10.5 Å². The topological polar surface area (TPSA) is 72.2 Å². The lowest BCUT2D eigenvalue weighted by molar-refractivity contribution is 0.498. The molecule has 0 radical (unpaired) electrons. The molecule has 0 unspecified atom stereocenters. The van der Waals surface area contributed by atoms with Crippen LogP contribution in [0.3, 0.4) is 0 Å². The molecule has 4 nitrogen and oxygen atoms in total. The Balaban J connectivity index is 2.47. The highest BCUT2D eigenvalue weighted by molar-refractivity contribution is 7.92. The molecule has 0 aliphatic heterocycles. The maximum Gasteiger partial charge on any atom is 0.263 e. The molecule has 9 heteroatoms. The van der Waals surface area contributed by atoms with Crippen LogP contribution in [0.4, 0.5) is 24.5 Å². The Morgan fingerprint density at radius 1 is 1.10 bits per heavy atom. The van der Waals surface area contributed by atoms with E-state index >= 15 is 0 Å². The highest BCUT2D eigenvalue weighted by atomic mass is 35.5. The number of nitrogens with two attached hydrogens (primary N) is 1. The van der Waals surface area contributed by atoms with Gasteiger partial charge in [0.15, 0.2) is 11.6 Å². The Kier molecular flexibility index (Phi) is 4.02. The molecular weight excluding hydrogens is 329 g/mol. The first-order chi connectivity index (χ1) is 9.70. The number of anilines is 2. The molecule has 0 aliphatic rings. The minimum Gasteiger partial charge on any atom is -0.399 e. The van der Waals surface area contributed by atoms with Gasteiger partial charge in [0.1, 0.15) is 10.7 Å². The van der Waals surface area contributed by atoms with E-state index < -0.39 is 38.1 Å². The van der Waals surface area contributed by atoms with Crippen LogP contribution in [0.2, 0.25) is 5.02 Å². The van der Waals surface area contributed by atoms with E-state index in [9.17, 15) is 21.6 Å². The molecule has 3 N–H and O–H groups in total. The van der Waals surface area contributed by atoms with Gasteiger partial charge in [-0.1, -0.05) is 11.6 Å². The summed E-state index contributed by atoms with van der Waals surface area (Å²) >= 11 is 5.74. The first-order valence-electron chi connectivity index (χ1n) is 5.43. The zero-order valence-corrected chi connectivity index (χ0v) is 11.8. The molecule has 112 valence electrons. The quantitative estimate of drug-likeness (QED) is 0.668. The van der Waals surface area contributed by atoms with E-state index in [1.807, 2.05) is 0 Å². The molecule has 2 aromatic carbocycles. The van der Waals surface area contributed by atoms with E-state index in [-0.39, 0.29) is 10.7 Å². The molecule has 0 saturated carbocycles. The van der Waals surface area contributed by atoms with Crippen molar-refractivity contribution in [3.05, 3.63) is 52.8 Å². The van der Waals surface area contributed by atoms with Crippen LogP contribution in [-0.2, 0) is 10.0 Å². The largest absolute Gasteiger partial charge is 0.399 e. The summed E-state index contributed by atoms with van der Waals surface area (Å²) in [6.07, 6.45) is 0. The van der Waals surface area contributed by atoms with Crippen molar-refractivity contribution in [1.29, 1.82) is 0 Å². The van der Waals surface area contributed by atoms with Gasteiger partial charge in [0.25, 0.3) is 10.0 Å². The molecule has 0 saturated heterocycles. The first kappa shape index (κ1) is 15.5. The van der Waals surface area contributed by atoms with Gasteiger partial charge in [-0.2, -0.15) is 0 Å². The first-order valence-corrected chi connectivity index (χ1v) is 7.29. The smallest absolute Gasteiger partial charge is 0.263 e. The average Bonchev–Trinajstić information content (AvgIpc) is 2.34. The molecule has 0 atom stereocenters. The van der Waals surface area contributed by atoms with E-state index in [1.165, 1.54) is 12.1 Å². The molecule has 21 heavy (non-hydrogen) atoms. The summed E-state index contributed by atoms with van der Waals surface area (Å²) in [7, 11) is -4.33. The van der Waals surface area contributed by atoms with Crippen molar-refractivity contribution < 1.29 is 21.6 Å². The van der Waals surface area contributed by atoms with Gasteiger partial charge >= 0.3 is 0 Å². The van der Waals surface area contributed by atoms with Crippen LogP contribution in [0.15, 0.2) is 35.2 Å². The monoisotopic (exact) mass is 336 g/mol. The maximum absolute atomic E-state index is 13.5. The molecule has 0 fully saturated rings. The Labute approximate surface area is 123 Å². The van der Waals surface area contributed by atoms with Crippen LogP contribution >= 0.6 is 11.6 Å². The lowest BCUT2D eigenvalue weighted by Gasteiger charge is -2.11. The summed E-state index contributed by atoms with van der Waals surface area (Å²) in [6.45, 7) is 0. The van der Waals surface area contributed by atoms with Crippen LogP contribution in [0.5, 0.6) is 0 Å². The molecule has 0 aromatic heterocycles. The third-order valence-corrected chi connectivity index (χ3v) is 4.33. The van der Waals surface area contributed by atoms with E-state index in [2.05, 4.69) is 0 Å². The van der Waals surface area contributed by atoms with Gasteiger partial charge < -0.3 is 5.73 Å². The summed E-state index contributed by atoms with van der Waals surface area (Å²) in [4.78, 5) is -0.401. The third kappa shape index (κ3) is 3.22. The van der Waals surface area contributed by atoms with Crippen LogP contribution in [0.25, 0.3) is 0 Å². The SMILES string of the molecule is Nc1ccc(S(=O)(=O)Nc2cc(F)cc(F)c2F)c(Cl)c1. The summed E-state index contributed by atoms with van der Waals surface area (Å²) in [5.74, 6) is -4.17. The Bertz CT molecular complexity index is 812. The molecule has 0 spiro atoms. The van der Waals surface area contributed by atoms with Crippen LogP contribution in [0.1, 0.15) is 0 Å². The number of nitrogens with one attached hydrogen (secondary N) is 1. The van der Waals surface area contributed by atoms with Crippen LogP contribution < -0.4 is 10.5 Å². The lowest BCUT2D eigenvalue weighted by atomic mass is 10.3. The van der Waals surface area contributed by atoms with Crippen molar-refractivity contribution in [3.63, 3.8) is 0 Å². The molecule has 0 aliphatic carbocycles. The van der Waals surface area contributed by atoms with Crippen molar-refractivity contribution in [2.45, 2.75) is 4.90 Å². The van der Waals surface area contributed by atoms with E-state index in [0.29, 0.717) is 12.1 Å². The third-order valence-electron chi connectivity index (χ3n) is 2.48. The van der Waals surface area contributed by atoms with Gasteiger partial charge in [0.05, 0.1) is 10.7 Å². The minimum atomic E-state index is -4.33. The fraction of sp³-hybridized carbons (Fsp3) is 0. The average molecular weight is 337 g/mol. The van der Waals surface area contributed by atoms with Crippen LogP contribution in [0, 0.1) is 17.5 Å². The number of nitrogen functional groups attached to an aromatic ring is 1. The predicted octanol–water partition coefficient (Wildman–Crippen LogP) is 3.14. The molecule has 2 rings (SSSR count). The normalized spacial score (nSPS) is 11.4. The molecular formula is C12H8ClF3N2O2S. The van der Waals surface area contributed by atoms with Gasteiger partial charge in [-0.25, -0.2) is 21.6 Å². The Morgan fingerprint density at radius 2 is 1.76 bits per heavy atom. The van der Waals surface area contributed by atoms with Crippen molar-refractivity contribution in [2.24, 2.45) is 0 Å². The van der Waals surface area contributed by atoms with E-state index in [1.54, 1.807) is 4.72 Å².